The van der Waals surface area contributed by atoms with Gasteiger partial charge in [-0.15, -0.1) is 0 Å². The maximum Gasteiger partial charge on any atom is 0.257 e. The highest BCUT2D eigenvalue weighted by Gasteiger charge is 2.38. The third kappa shape index (κ3) is 3.20. The number of likely N-dealkylation sites (N-methyl/N-ethyl adjacent to an activating group) is 1. The zero-order valence-corrected chi connectivity index (χ0v) is 16.9. The van der Waals surface area contributed by atoms with Crippen molar-refractivity contribution >= 4 is 29.1 Å². The molecule has 3 aromatic rings. The largest absolute Gasteiger partial charge is 0.390 e. The highest BCUT2D eigenvalue weighted by molar-refractivity contribution is 6.35. The number of para-hydroxylation sites is 1. The summed E-state index contributed by atoms with van der Waals surface area (Å²) in [5.74, 6) is -0.215. The molecule has 1 heterocycles. The summed E-state index contributed by atoms with van der Waals surface area (Å²) in [6, 6.07) is 12.5. The molecule has 144 valence electrons. The molecule has 7 heteroatoms. The zero-order chi connectivity index (χ0) is 20.0. The molecule has 0 unspecified atom stereocenters. The Kier molecular flexibility index (Phi) is 4.91. The minimum Gasteiger partial charge on any atom is -0.390 e. The normalized spacial score (nSPS) is 18.2. The molecular weight excluding hydrogens is 397 g/mol. The molecule has 0 radical (unpaired) electrons. The van der Waals surface area contributed by atoms with Crippen molar-refractivity contribution in [1.82, 2.24) is 14.7 Å². The molecule has 0 aliphatic heterocycles. The molecule has 2 aromatic carbocycles. The van der Waals surface area contributed by atoms with E-state index in [4.69, 9.17) is 23.2 Å². The molecule has 0 fully saturated rings. The summed E-state index contributed by atoms with van der Waals surface area (Å²) < 4.78 is 1.68. The lowest BCUT2D eigenvalue weighted by Crippen LogP contribution is -2.36. The monoisotopic (exact) mass is 415 g/mol. The quantitative estimate of drug-likeness (QED) is 0.696. The van der Waals surface area contributed by atoms with Gasteiger partial charge in [0.25, 0.3) is 5.91 Å². The molecule has 1 N–H and O–H groups in total. The Hall–Kier alpha value is -2.34. The van der Waals surface area contributed by atoms with Crippen LogP contribution in [0.2, 0.25) is 10.0 Å². The molecule has 0 saturated carbocycles. The van der Waals surface area contributed by atoms with E-state index >= 15 is 0 Å². The molecule has 4 rings (SSSR count). The molecule has 5 nitrogen and oxygen atoms in total. The van der Waals surface area contributed by atoms with Gasteiger partial charge >= 0.3 is 0 Å². The molecule has 0 bridgehead atoms. The third-order valence-electron chi connectivity index (χ3n) is 5.18. The van der Waals surface area contributed by atoms with Gasteiger partial charge in [0.15, 0.2) is 0 Å². The Balaban J connectivity index is 1.68. The van der Waals surface area contributed by atoms with Crippen LogP contribution in [-0.2, 0) is 6.42 Å². The number of nitrogens with zero attached hydrogens (tertiary/aromatic N) is 3. The lowest BCUT2D eigenvalue weighted by Gasteiger charge is -2.28. The van der Waals surface area contributed by atoms with Gasteiger partial charge in [-0.3, -0.25) is 4.79 Å². The third-order valence-corrected chi connectivity index (χ3v) is 5.73. The first-order valence-electron chi connectivity index (χ1n) is 8.91. The molecule has 0 saturated heterocycles. The highest BCUT2D eigenvalue weighted by Crippen LogP contribution is 2.41. The molecule has 1 aliphatic carbocycles. The number of hydrogen-bond acceptors (Lipinski definition) is 3. The number of fused-ring (bicyclic) bond motifs is 1. The number of carbonyl (C=O) groups excluding carboxylic acids is 1. The molecule has 0 spiro atoms. The van der Waals surface area contributed by atoms with Crippen molar-refractivity contribution in [2.45, 2.75) is 25.5 Å². The average molecular weight is 416 g/mol. The first-order chi connectivity index (χ1) is 13.4. The minimum absolute atomic E-state index is 0.215. The average Bonchev–Trinajstić information content (AvgIpc) is 3.21. The Labute approximate surface area is 173 Å². The van der Waals surface area contributed by atoms with Crippen molar-refractivity contribution in [1.29, 1.82) is 0 Å². The standard InChI is InChI=1S/C21H19Cl2N3O2/c1-12-17(11-26(24-12)14-6-4-3-5-7-14)21(28)25(2)20-16-8-13(22)9-18(23)15(16)10-19(20)27/h3-9,11,19-20,27H,10H2,1-2H3/t19-,20-/m0/s1. The summed E-state index contributed by atoms with van der Waals surface area (Å²) in [5, 5.41) is 16.1. The predicted octanol–water partition coefficient (Wildman–Crippen LogP) is 4.22. The number of rotatable bonds is 3. The van der Waals surface area contributed by atoms with Crippen LogP contribution >= 0.6 is 23.2 Å². The van der Waals surface area contributed by atoms with Crippen LogP contribution in [0, 0.1) is 6.92 Å². The lowest BCUT2D eigenvalue weighted by molar-refractivity contribution is 0.0497. The lowest BCUT2D eigenvalue weighted by atomic mass is 10.1. The van der Waals surface area contributed by atoms with Crippen molar-refractivity contribution in [3.8, 4) is 5.69 Å². The molecule has 1 amide bonds. The van der Waals surface area contributed by atoms with Gasteiger partial charge in [-0.2, -0.15) is 5.10 Å². The van der Waals surface area contributed by atoms with Crippen LogP contribution in [0.5, 0.6) is 0 Å². The predicted molar refractivity (Wildman–Crippen MR) is 109 cm³/mol. The fourth-order valence-corrected chi connectivity index (χ4v) is 4.38. The Morgan fingerprint density at radius 2 is 1.96 bits per heavy atom. The smallest absolute Gasteiger partial charge is 0.257 e. The Bertz CT molecular complexity index is 1050. The first kappa shape index (κ1) is 19.0. The summed E-state index contributed by atoms with van der Waals surface area (Å²) in [4.78, 5) is 14.8. The van der Waals surface area contributed by atoms with E-state index in [1.54, 1.807) is 41.9 Å². The van der Waals surface area contributed by atoms with Gasteiger partial charge in [-0.05, 0) is 42.3 Å². The van der Waals surface area contributed by atoms with Crippen LogP contribution in [0.15, 0.2) is 48.7 Å². The topological polar surface area (TPSA) is 58.4 Å². The van der Waals surface area contributed by atoms with Gasteiger partial charge in [0.2, 0.25) is 0 Å². The van der Waals surface area contributed by atoms with Crippen LogP contribution in [0.25, 0.3) is 5.69 Å². The first-order valence-corrected chi connectivity index (χ1v) is 9.67. The molecule has 2 atom stereocenters. The highest BCUT2D eigenvalue weighted by atomic mass is 35.5. The number of amides is 1. The van der Waals surface area contributed by atoms with Gasteiger partial charge < -0.3 is 10.0 Å². The van der Waals surface area contributed by atoms with E-state index in [-0.39, 0.29) is 5.91 Å². The van der Waals surface area contributed by atoms with Crippen LogP contribution in [0.4, 0.5) is 0 Å². The SMILES string of the molecule is Cc1nn(-c2ccccc2)cc1C(=O)N(C)[C@H]1c2cc(Cl)cc(Cl)c2C[C@@H]1O. The van der Waals surface area contributed by atoms with Crippen molar-refractivity contribution in [2.75, 3.05) is 7.05 Å². The minimum atomic E-state index is -0.746. The summed E-state index contributed by atoms with van der Waals surface area (Å²) in [7, 11) is 1.68. The molecular formula is C21H19Cl2N3O2. The van der Waals surface area contributed by atoms with E-state index in [1.807, 2.05) is 30.3 Å². The van der Waals surface area contributed by atoms with Crippen LogP contribution < -0.4 is 0 Å². The molecule has 1 aromatic heterocycles. The summed E-state index contributed by atoms with van der Waals surface area (Å²) in [6.07, 6.45) is 1.36. The molecule has 28 heavy (non-hydrogen) atoms. The maximum absolute atomic E-state index is 13.2. The van der Waals surface area contributed by atoms with Crippen LogP contribution in [0.1, 0.15) is 33.2 Å². The van der Waals surface area contributed by atoms with E-state index in [0.29, 0.717) is 27.7 Å². The second-order valence-electron chi connectivity index (χ2n) is 7.00. The van der Waals surface area contributed by atoms with Crippen molar-refractivity contribution in [2.24, 2.45) is 0 Å². The van der Waals surface area contributed by atoms with E-state index in [1.165, 1.54) is 0 Å². The number of aliphatic hydroxyl groups excluding tert-OH is 1. The van der Waals surface area contributed by atoms with Gasteiger partial charge in [-0.25, -0.2) is 4.68 Å². The fourth-order valence-electron chi connectivity index (χ4n) is 3.80. The fraction of sp³-hybridized carbons (Fsp3) is 0.238. The number of hydrogen-bond donors (Lipinski definition) is 1. The van der Waals surface area contributed by atoms with E-state index in [2.05, 4.69) is 5.10 Å². The number of carbonyl (C=O) groups is 1. The second-order valence-corrected chi connectivity index (χ2v) is 7.84. The van der Waals surface area contributed by atoms with Crippen molar-refractivity contribution in [3.05, 3.63) is 81.1 Å². The number of benzene rings is 2. The number of aliphatic hydroxyl groups is 1. The Morgan fingerprint density at radius 1 is 1.25 bits per heavy atom. The molecule has 1 aliphatic rings. The number of aryl methyl sites for hydroxylation is 1. The van der Waals surface area contributed by atoms with E-state index in [9.17, 15) is 9.90 Å². The van der Waals surface area contributed by atoms with Crippen molar-refractivity contribution < 1.29 is 9.90 Å². The summed E-state index contributed by atoms with van der Waals surface area (Å²) >= 11 is 12.4. The summed E-state index contributed by atoms with van der Waals surface area (Å²) in [5.41, 5.74) is 3.60. The second kappa shape index (κ2) is 7.24. The van der Waals surface area contributed by atoms with E-state index < -0.39 is 12.1 Å². The van der Waals surface area contributed by atoms with Gasteiger partial charge in [0.05, 0.1) is 29.1 Å². The van der Waals surface area contributed by atoms with E-state index in [0.717, 1.165) is 16.8 Å². The number of halogens is 2. The van der Waals surface area contributed by atoms with Gasteiger partial charge in [0, 0.05) is 29.7 Å². The zero-order valence-electron chi connectivity index (χ0n) is 15.4. The summed E-state index contributed by atoms with van der Waals surface area (Å²) in [6.45, 7) is 1.80. The van der Waals surface area contributed by atoms with Gasteiger partial charge in [-0.1, -0.05) is 41.4 Å². The van der Waals surface area contributed by atoms with Crippen LogP contribution in [0.3, 0.4) is 0 Å². The van der Waals surface area contributed by atoms with Crippen molar-refractivity contribution in [3.63, 3.8) is 0 Å². The van der Waals surface area contributed by atoms with Crippen LogP contribution in [-0.4, -0.2) is 38.8 Å². The maximum atomic E-state index is 13.2. The Morgan fingerprint density at radius 3 is 2.68 bits per heavy atom. The number of aromatic nitrogens is 2. The van der Waals surface area contributed by atoms with Gasteiger partial charge in [0.1, 0.15) is 0 Å².